The minimum atomic E-state index is -0.863. The van der Waals surface area contributed by atoms with Gasteiger partial charge in [0.2, 0.25) is 0 Å². The van der Waals surface area contributed by atoms with Crippen molar-refractivity contribution in [1.29, 1.82) is 0 Å². The number of amides is 4. The molecule has 0 aliphatic rings. The van der Waals surface area contributed by atoms with Crippen LogP contribution in [0.4, 0.5) is 0 Å². The normalized spacial score (nSPS) is 11.5. The van der Waals surface area contributed by atoms with E-state index in [0.29, 0.717) is 180 Å². The third kappa shape index (κ3) is 25.3. The Morgan fingerprint density at radius 2 is 0.432 bits per heavy atom. The molecule has 0 atom stereocenters. The predicted octanol–water partition coefficient (Wildman–Crippen LogP) is 10.8. The van der Waals surface area contributed by atoms with Crippen LogP contribution in [0.5, 0.6) is 0 Å². The van der Waals surface area contributed by atoms with Gasteiger partial charge in [0, 0.05) is 147 Å². The van der Waals surface area contributed by atoms with Gasteiger partial charge in [-0.25, -0.2) is 0 Å². The summed E-state index contributed by atoms with van der Waals surface area (Å²) < 4.78 is 44.3. The molecule has 4 amide bonds. The maximum atomic E-state index is 14.1. The Morgan fingerprint density at radius 1 is 0.284 bits per heavy atom. The Labute approximate surface area is 499 Å². The van der Waals surface area contributed by atoms with Crippen LogP contribution in [-0.2, 0) is 37.9 Å². The maximum absolute atomic E-state index is 14.1. The molecule has 448 valence electrons. The fourth-order valence-corrected chi connectivity index (χ4v) is 14.6. The van der Waals surface area contributed by atoms with E-state index in [1.807, 2.05) is 152 Å². The molecule has 16 nitrogen and oxygen atoms in total. The lowest BCUT2D eigenvalue weighted by atomic mass is 10.2. The molecule has 4 aromatic rings. The standard InChI is InChI=1S/C61H88N4O12S4/c1-9-70-41-33-62(34-42-71-10-2)57(66)49-17-25-53(26-18-49)78-61(79-54-27-19-50(20-28-54)58(67)63(35-43-72-11-3)36-44-73-12-4,80-55-29-21-51(22-30-55)59(68)64(37-45-74-13-5)38-46-75-14-6)81-56-31-23-52(24-32-56)60(69)65(39-47-76-15-7)40-48-77-16-8/h17-32H,9-16,33-48H2,1-8H3. The van der Waals surface area contributed by atoms with Crippen LogP contribution in [0.2, 0.25) is 0 Å². The minimum absolute atomic E-state index is 0.118. The van der Waals surface area contributed by atoms with Crippen LogP contribution in [-0.4, -0.2) is 204 Å². The third-order valence-corrected chi connectivity index (χ3v) is 18.2. The smallest absolute Gasteiger partial charge is 0.254 e. The predicted molar refractivity (Wildman–Crippen MR) is 327 cm³/mol. The summed E-state index contributed by atoms with van der Waals surface area (Å²) in [5, 5.41) is 0. The van der Waals surface area contributed by atoms with E-state index in [1.54, 1.807) is 66.6 Å². The van der Waals surface area contributed by atoms with Crippen molar-refractivity contribution in [1.82, 2.24) is 19.6 Å². The molecular formula is C61H88N4O12S4. The Hall–Kier alpha value is -4.16. The van der Waals surface area contributed by atoms with E-state index in [0.717, 1.165) is 19.6 Å². The summed E-state index contributed by atoms with van der Waals surface area (Å²) in [4.78, 5) is 66.9. The number of rotatable bonds is 44. The largest absolute Gasteiger partial charge is 0.380 e. The van der Waals surface area contributed by atoms with Gasteiger partial charge >= 0.3 is 0 Å². The Morgan fingerprint density at radius 3 is 0.568 bits per heavy atom. The van der Waals surface area contributed by atoms with Crippen molar-refractivity contribution in [3.8, 4) is 0 Å². The third-order valence-electron chi connectivity index (χ3n) is 12.2. The number of benzene rings is 4. The van der Waals surface area contributed by atoms with Crippen LogP contribution in [0, 0.1) is 0 Å². The second kappa shape index (κ2) is 41.0. The summed E-state index contributed by atoms with van der Waals surface area (Å²) in [5.41, 5.74) is 2.15. The lowest BCUT2D eigenvalue weighted by Gasteiger charge is -2.32. The topological polar surface area (TPSA) is 155 Å². The van der Waals surface area contributed by atoms with Crippen LogP contribution in [0.1, 0.15) is 96.8 Å². The lowest BCUT2D eigenvalue weighted by molar-refractivity contribution is 0.0547. The van der Waals surface area contributed by atoms with Gasteiger partial charge < -0.3 is 57.5 Å². The highest BCUT2D eigenvalue weighted by atomic mass is 32.3. The lowest BCUT2D eigenvalue weighted by Crippen LogP contribution is -2.36. The first-order valence-electron chi connectivity index (χ1n) is 28.4. The Bertz CT molecular complexity index is 2000. The highest BCUT2D eigenvalue weighted by Gasteiger charge is 2.37. The van der Waals surface area contributed by atoms with Gasteiger partial charge in [0.15, 0.2) is 2.74 Å². The number of carbonyl (C=O) groups excluding carboxylic acids is 4. The molecule has 0 unspecified atom stereocenters. The van der Waals surface area contributed by atoms with Crippen molar-refractivity contribution in [2.45, 2.75) is 77.7 Å². The molecule has 0 spiro atoms. The first-order valence-corrected chi connectivity index (χ1v) is 31.7. The fraction of sp³-hybridized carbons (Fsp3) is 0.541. The SMILES string of the molecule is CCOCCN(CCOCC)C(=O)c1ccc(SC(Sc2ccc(C(=O)N(CCOCC)CCOCC)cc2)(Sc2ccc(C(=O)N(CCOCC)CCOCC)cc2)Sc2ccc(C(=O)N(CCOCC)CCOCC)cc2)cc1. The van der Waals surface area contributed by atoms with E-state index in [-0.39, 0.29) is 23.6 Å². The molecule has 0 radical (unpaired) electrons. The summed E-state index contributed by atoms with van der Waals surface area (Å²) in [5.74, 6) is -0.473. The van der Waals surface area contributed by atoms with Gasteiger partial charge in [0.05, 0.1) is 52.9 Å². The molecular weight excluding hydrogens is 1110 g/mol. The molecule has 0 aromatic heterocycles. The summed E-state index contributed by atoms with van der Waals surface area (Å²) in [6.45, 7) is 26.6. The van der Waals surface area contributed by atoms with E-state index < -0.39 is 2.74 Å². The number of hydrogen-bond donors (Lipinski definition) is 0. The molecule has 4 aromatic carbocycles. The molecule has 20 heteroatoms. The van der Waals surface area contributed by atoms with Crippen LogP contribution in [0.25, 0.3) is 0 Å². The summed E-state index contributed by atoms with van der Waals surface area (Å²) in [6.07, 6.45) is 0. The number of ether oxygens (including phenoxy) is 8. The Kier molecular flexibility index (Phi) is 35.1. The molecule has 81 heavy (non-hydrogen) atoms. The first kappa shape index (κ1) is 69.3. The van der Waals surface area contributed by atoms with Crippen LogP contribution >= 0.6 is 47.0 Å². The quantitative estimate of drug-likeness (QED) is 0.0234. The monoisotopic (exact) mass is 1200 g/mol. The van der Waals surface area contributed by atoms with Gasteiger partial charge in [0.1, 0.15) is 0 Å². The number of thioether (sulfide) groups is 4. The van der Waals surface area contributed by atoms with E-state index in [1.165, 1.54) is 0 Å². The maximum Gasteiger partial charge on any atom is 0.254 e. The van der Waals surface area contributed by atoms with Crippen molar-refractivity contribution in [3.63, 3.8) is 0 Å². The molecule has 0 bridgehead atoms. The van der Waals surface area contributed by atoms with Gasteiger partial charge in [0.25, 0.3) is 23.6 Å². The molecule has 0 aliphatic heterocycles. The summed E-state index contributed by atoms with van der Waals surface area (Å²) >= 11 is 6.45. The summed E-state index contributed by atoms with van der Waals surface area (Å²) in [6, 6.07) is 30.7. The molecule has 0 saturated heterocycles. The van der Waals surface area contributed by atoms with E-state index in [4.69, 9.17) is 37.9 Å². The van der Waals surface area contributed by atoms with Crippen molar-refractivity contribution in [2.75, 3.05) is 158 Å². The van der Waals surface area contributed by atoms with Gasteiger partial charge in [-0.2, -0.15) is 0 Å². The number of hydrogen-bond acceptors (Lipinski definition) is 16. The van der Waals surface area contributed by atoms with Gasteiger partial charge in [-0.1, -0.05) is 47.0 Å². The van der Waals surface area contributed by atoms with Crippen molar-refractivity contribution in [3.05, 3.63) is 119 Å². The zero-order valence-corrected chi connectivity index (χ0v) is 52.3. The highest BCUT2D eigenvalue weighted by Crippen LogP contribution is 2.63. The average Bonchev–Trinajstić information content (AvgIpc) is 3.48. The second-order valence-corrected chi connectivity index (χ2v) is 24.5. The number of carbonyl (C=O) groups is 4. The average molecular weight is 1200 g/mol. The fourth-order valence-electron chi connectivity index (χ4n) is 7.91. The second-order valence-electron chi connectivity index (χ2n) is 17.7. The zero-order chi connectivity index (χ0) is 58.5. The van der Waals surface area contributed by atoms with Crippen LogP contribution < -0.4 is 0 Å². The van der Waals surface area contributed by atoms with E-state index in [9.17, 15) is 19.2 Å². The zero-order valence-electron chi connectivity index (χ0n) is 49.0. The summed E-state index contributed by atoms with van der Waals surface area (Å²) in [7, 11) is 0. The molecule has 0 saturated carbocycles. The van der Waals surface area contributed by atoms with Crippen molar-refractivity contribution >= 4 is 70.7 Å². The van der Waals surface area contributed by atoms with Gasteiger partial charge in [-0.05, 0) is 152 Å². The number of nitrogens with zero attached hydrogens (tertiary/aromatic N) is 4. The molecule has 0 N–H and O–H groups in total. The van der Waals surface area contributed by atoms with Crippen molar-refractivity contribution < 1.29 is 57.1 Å². The van der Waals surface area contributed by atoms with Gasteiger partial charge in [-0.3, -0.25) is 19.2 Å². The Balaban J connectivity index is 1.85. The molecule has 0 aliphatic carbocycles. The minimum Gasteiger partial charge on any atom is -0.380 e. The van der Waals surface area contributed by atoms with E-state index >= 15 is 0 Å². The van der Waals surface area contributed by atoms with Gasteiger partial charge in [-0.15, -0.1) is 0 Å². The van der Waals surface area contributed by atoms with E-state index in [2.05, 4.69) is 0 Å². The van der Waals surface area contributed by atoms with Crippen LogP contribution in [0.3, 0.4) is 0 Å². The van der Waals surface area contributed by atoms with Crippen LogP contribution in [0.15, 0.2) is 117 Å². The molecule has 0 fully saturated rings. The van der Waals surface area contributed by atoms with Crippen molar-refractivity contribution in [2.24, 2.45) is 0 Å². The molecule has 0 heterocycles. The highest BCUT2D eigenvalue weighted by molar-refractivity contribution is 8.47. The molecule has 4 rings (SSSR count). The first-order chi connectivity index (χ1) is 39.5.